The molecular weight excluding hydrogens is 297 g/mol. The van der Waals surface area contributed by atoms with Gasteiger partial charge >= 0.3 is 0 Å². The number of nitrogens with zero attached hydrogens (tertiary/aromatic N) is 2. The van der Waals surface area contributed by atoms with E-state index in [9.17, 15) is 4.39 Å². The third-order valence-electron chi connectivity index (χ3n) is 2.91. The highest BCUT2D eigenvalue weighted by Crippen LogP contribution is 2.21. The second-order valence-electron chi connectivity index (χ2n) is 4.22. The van der Waals surface area contributed by atoms with Crippen LogP contribution >= 0.6 is 15.9 Å². The van der Waals surface area contributed by atoms with E-state index in [4.69, 9.17) is 0 Å². The molecule has 0 bridgehead atoms. The van der Waals surface area contributed by atoms with Crippen LogP contribution < -0.4 is 5.32 Å². The van der Waals surface area contributed by atoms with Gasteiger partial charge in [-0.15, -0.1) is 0 Å². The maximum absolute atomic E-state index is 13.7. The van der Waals surface area contributed by atoms with E-state index in [0.29, 0.717) is 12.1 Å². The molecule has 1 aromatic heterocycles. The van der Waals surface area contributed by atoms with E-state index in [1.54, 1.807) is 18.3 Å². The van der Waals surface area contributed by atoms with E-state index in [-0.39, 0.29) is 11.9 Å². The average Bonchev–Trinajstić information content (AvgIpc) is 2.75. The first kappa shape index (κ1) is 13.2. The summed E-state index contributed by atoms with van der Waals surface area (Å²) in [6, 6.07) is 4.90. The van der Waals surface area contributed by atoms with E-state index in [1.807, 2.05) is 24.7 Å². The molecule has 2 rings (SSSR count). The maximum Gasteiger partial charge on any atom is 0.128 e. The smallest absolute Gasteiger partial charge is 0.128 e. The topological polar surface area (TPSA) is 29.9 Å². The SMILES string of the molecule is CC(NCc1nccn1C)c1cc(Br)ccc1F. The molecule has 0 saturated carbocycles. The van der Waals surface area contributed by atoms with Crippen molar-refractivity contribution in [2.45, 2.75) is 19.5 Å². The number of aryl methyl sites for hydroxylation is 1. The second kappa shape index (κ2) is 5.63. The van der Waals surface area contributed by atoms with Gasteiger partial charge in [-0.25, -0.2) is 9.37 Å². The molecule has 0 radical (unpaired) electrons. The molecule has 18 heavy (non-hydrogen) atoms. The molecule has 1 unspecified atom stereocenters. The number of imidazole rings is 1. The van der Waals surface area contributed by atoms with Crippen LogP contribution in [0, 0.1) is 5.82 Å². The van der Waals surface area contributed by atoms with E-state index < -0.39 is 0 Å². The summed E-state index contributed by atoms with van der Waals surface area (Å²) >= 11 is 3.36. The van der Waals surface area contributed by atoms with Gasteiger partial charge in [0.15, 0.2) is 0 Å². The molecular formula is C13H15BrFN3. The summed E-state index contributed by atoms with van der Waals surface area (Å²) < 4.78 is 16.5. The fraction of sp³-hybridized carbons (Fsp3) is 0.308. The number of halogens is 2. The molecule has 0 aliphatic heterocycles. The van der Waals surface area contributed by atoms with Crippen molar-refractivity contribution in [1.29, 1.82) is 0 Å². The Labute approximate surface area is 114 Å². The molecule has 3 nitrogen and oxygen atoms in total. The van der Waals surface area contributed by atoms with Gasteiger partial charge in [0.25, 0.3) is 0 Å². The lowest BCUT2D eigenvalue weighted by Gasteiger charge is -2.15. The molecule has 2 aromatic rings. The first-order chi connectivity index (χ1) is 8.58. The molecule has 0 aliphatic rings. The van der Waals surface area contributed by atoms with Crippen LogP contribution in [0.2, 0.25) is 0 Å². The maximum atomic E-state index is 13.7. The quantitative estimate of drug-likeness (QED) is 0.940. The second-order valence-corrected chi connectivity index (χ2v) is 5.14. The predicted octanol–water partition coefficient (Wildman–Crippen LogP) is 3.17. The van der Waals surface area contributed by atoms with Crippen molar-refractivity contribution in [2.75, 3.05) is 0 Å². The molecule has 1 N–H and O–H groups in total. The zero-order chi connectivity index (χ0) is 13.1. The fourth-order valence-electron chi connectivity index (χ4n) is 1.77. The minimum absolute atomic E-state index is 0.0702. The highest BCUT2D eigenvalue weighted by atomic mass is 79.9. The van der Waals surface area contributed by atoms with E-state index in [1.165, 1.54) is 6.07 Å². The van der Waals surface area contributed by atoms with Crippen LogP contribution in [0.3, 0.4) is 0 Å². The predicted molar refractivity (Wildman–Crippen MR) is 72.6 cm³/mol. The summed E-state index contributed by atoms with van der Waals surface area (Å²) in [6.07, 6.45) is 3.64. The lowest BCUT2D eigenvalue weighted by Crippen LogP contribution is -2.21. The van der Waals surface area contributed by atoms with Crippen LogP contribution in [0.15, 0.2) is 35.1 Å². The van der Waals surface area contributed by atoms with Crippen molar-refractivity contribution in [3.63, 3.8) is 0 Å². The monoisotopic (exact) mass is 311 g/mol. The van der Waals surface area contributed by atoms with Gasteiger partial charge in [-0.3, -0.25) is 0 Å². The Bertz CT molecular complexity index is 539. The largest absolute Gasteiger partial charge is 0.337 e. The van der Waals surface area contributed by atoms with Crippen LogP contribution in [-0.2, 0) is 13.6 Å². The molecule has 96 valence electrons. The molecule has 0 fully saturated rings. The summed E-state index contributed by atoms with van der Waals surface area (Å²) in [6.45, 7) is 2.55. The third kappa shape index (κ3) is 2.97. The Morgan fingerprint density at radius 2 is 2.28 bits per heavy atom. The molecule has 1 heterocycles. The average molecular weight is 312 g/mol. The van der Waals surface area contributed by atoms with Crippen molar-refractivity contribution >= 4 is 15.9 Å². The summed E-state index contributed by atoms with van der Waals surface area (Å²) in [5.74, 6) is 0.732. The summed E-state index contributed by atoms with van der Waals surface area (Å²) in [4.78, 5) is 4.22. The van der Waals surface area contributed by atoms with Gasteiger partial charge in [0.05, 0.1) is 6.54 Å². The van der Waals surface area contributed by atoms with Crippen LogP contribution in [0.5, 0.6) is 0 Å². The number of hydrogen-bond donors (Lipinski definition) is 1. The summed E-state index contributed by atoms with van der Waals surface area (Å²) in [5.41, 5.74) is 0.651. The van der Waals surface area contributed by atoms with Crippen molar-refractivity contribution in [1.82, 2.24) is 14.9 Å². The lowest BCUT2D eigenvalue weighted by molar-refractivity contribution is 0.514. The molecule has 1 aromatic carbocycles. The van der Waals surface area contributed by atoms with E-state index >= 15 is 0 Å². The minimum Gasteiger partial charge on any atom is -0.337 e. The molecule has 0 spiro atoms. The number of hydrogen-bond acceptors (Lipinski definition) is 2. The Kier molecular flexibility index (Phi) is 4.14. The van der Waals surface area contributed by atoms with Gasteiger partial charge in [-0.1, -0.05) is 15.9 Å². The number of benzene rings is 1. The van der Waals surface area contributed by atoms with E-state index in [2.05, 4.69) is 26.2 Å². The van der Waals surface area contributed by atoms with Gasteiger partial charge in [-0.05, 0) is 25.1 Å². The van der Waals surface area contributed by atoms with Crippen LogP contribution in [-0.4, -0.2) is 9.55 Å². The first-order valence-corrected chi connectivity index (χ1v) is 6.51. The van der Waals surface area contributed by atoms with Crippen LogP contribution in [0.1, 0.15) is 24.4 Å². The van der Waals surface area contributed by atoms with Gasteiger partial charge in [0, 0.05) is 35.5 Å². The Balaban J connectivity index is 2.06. The summed E-state index contributed by atoms with van der Waals surface area (Å²) in [7, 11) is 1.94. The van der Waals surface area contributed by atoms with E-state index in [0.717, 1.165) is 10.3 Å². The normalized spacial score (nSPS) is 12.7. The molecule has 1 atom stereocenters. The number of aromatic nitrogens is 2. The minimum atomic E-state index is -0.196. The lowest BCUT2D eigenvalue weighted by atomic mass is 10.1. The number of nitrogens with one attached hydrogen (secondary N) is 1. The molecule has 0 aliphatic carbocycles. The Morgan fingerprint density at radius 3 is 2.94 bits per heavy atom. The molecule has 5 heteroatoms. The van der Waals surface area contributed by atoms with Gasteiger partial charge in [0.2, 0.25) is 0 Å². The van der Waals surface area contributed by atoms with Crippen molar-refractivity contribution in [3.05, 3.63) is 52.3 Å². The highest BCUT2D eigenvalue weighted by molar-refractivity contribution is 9.10. The Hall–Kier alpha value is -1.20. The first-order valence-electron chi connectivity index (χ1n) is 5.72. The highest BCUT2D eigenvalue weighted by Gasteiger charge is 2.11. The zero-order valence-corrected chi connectivity index (χ0v) is 11.9. The van der Waals surface area contributed by atoms with Crippen molar-refractivity contribution < 1.29 is 4.39 Å². The third-order valence-corrected chi connectivity index (χ3v) is 3.41. The van der Waals surface area contributed by atoms with Crippen LogP contribution in [0.4, 0.5) is 4.39 Å². The molecule has 0 amide bonds. The fourth-order valence-corrected chi connectivity index (χ4v) is 2.15. The number of rotatable bonds is 4. The zero-order valence-electron chi connectivity index (χ0n) is 10.3. The Morgan fingerprint density at radius 1 is 1.50 bits per heavy atom. The van der Waals surface area contributed by atoms with Gasteiger partial charge < -0.3 is 9.88 Å². The van der Waals surface area contributed by atoms with Crippen molar-refractivity contribution in [2.24, 2.45) is 7.05 Å². The van der Waals surface area contributed by atoms with Gasteiger partial charge in [-0.2, -0.15) is 0 Å². The van der Waals surface area contributed by atoms with Crippen LogP contribution in [0.25, 0.3) is 0 Å². The van der Waals surface area contributed by atoms with Crippen molar-refractivity contribution in [3.8, 4) is 0 Å². The summed E-state index contributed by atoms with van der Waals surface area (Å²) in [5, 5.41) is 3.27. The van der Waals surface area contributed by atoms with Gasteiger partial charge in [0.1, 0.15) is 11.6 Å². The molecule has 0 saturated heterocycles. The standard InChI is InChI=1S/C13H15BrFN3/c1-9(11-7-10(14)3-4-12(11)15)17-8-13-16-5-6-18(13)2/h3-7,9,17H,8H2,1-2H3.